The van der Waals surface area contributed by atoms with Crippen LogP contribution in [-0.4, -0.2) is 19.5 Å². The first-order valence-corrected chi connectivity index (χ1v) is 6.12. The van der Waals surface area contributed by atoms with E-state index in [-0.39, 0.29) is 11.9 Å². The van der Waals surface area contributed by atoms with Crippen molar-refractivity contribution in [2.45, 2.75) is 19.4 Å². The van der Waals surface area contributed by atoms with Gasteiger partial charge in [0.25, 0.3) is 0 Å². The zero-order valence-electron chi connectivity index (χ0n) is 9.59. The van der Waals surface area contributed by atoms with E-state index in [1.165, 1.54) is 5.56 Å². The Morgan fingerprint density at radius 3 is 2.56 bits per heavy atom. The Labute approximate surface area is 105 Å². The molecule has 1 rings (SSSR count). The summed E-state index contributed by atoms with van der Waals surface area (Å²) in [5.41, 5.74) is 1.22. The van der Waals surface area contributed by atoms with Gasteiger partial charge < -0.3 is 10.6 Å². The molecule has 1 atom stereocenters. The van der Waals surface area contributed by atoms with Crippen molar-refractivity contribution >= 4 is 21.8 Å². The third kappa shape index (κ3) is 4.33. The first-order valence-electron chi connectivity index (χ1n) is 5.33. The van der Waals surface area contributed by atoms with Crippen LogP contribution in [0, 0.1) is 0 Å². The summed E-state index contributed by atoms with van der Waals surface area (Å²) in [6.07, 6.45) is 0.511. The van der Waals surface area contributed by atoms with Crippen molar-refractivity contribution < 1.29 is 4.79 Å². The van der Waals surface area contributed by atoms with Gasteiger partial charge in [0.15, 0.2) is 0 Å². The molecule has 0 aliphatic rings. The number of nitrogens with one attached hydrogen (secondary N) is 2. The summed E-state index contributed by atoms with van der Waals surface area (Å²) in [5, 5.41) is 5.91. The van der Waals surface area contributed by atoms with Gasteiger partial charge in [-0.2, -0.15) is 0 Å². The van der Waals surface area contributed by atoms with Gasteiger partial charge in [-0.05, 0) is 24.6 Å². The van der Waals surface area contributed by atoms with Crippen LogP contribution < -0.4 is 10.6 Å². The number of halogens is 1. The molecule has 2 N–H and O–H groups in total. The summed E-state index contributed by atoms with van der Waals surface area (Å²) in [4.78, 5) is 11.0. The van der Waals surface area contributed by atoms with Gasteiger partial charge in [-0.25, -0.2) is 0 Å². The van der Waals surface area contributed by atoms with Gasteiger partial charge in [0.05, 0.1) is 0 Å². The van der Waals surface area contributed by atoms with Crippen LogP contribution in [0.15, 0.2) is 28.7 Å². The summed E-state index contributed by atoms with van der Waals surface area (Å²) >= 11 is 3.40. The van der Waals surface area contributed by atoms with E-state index in [0.717, 1.165) is 4.47 Å². The molecule has 0 spiro atoms. The fourth-order valence-corrected chi connectivity index (χ4v) is 1.66. The first-order chi connectivity index (χ1) is 7.63. The van der Waals surface area contributed by atoms with E-state index in [1.807, 2.05) is 12.1 Å². The minimum absolute atomic E-state index is 0.0653. The van der Waals surface area contributed by atoms with E-state index >= 15 is 0 Å². The second-order valence-electron chi connectivity index (χ2n) is 3.65. The molecule has 0 aliphatic heterocycles. The van der Waals surface area contributed by atoms with Crippen molar-refractivity contribution in [1.29, 1.82) is 0 Å². The summed E-state index contributed by atoms with van der Waals surface area (Å²) in [7, 11) is 1.65. The van der Waals surface area contributed by atoms with Crippen LogP contribution in [0.5, 0.6) is 0 Å². The quantitative estimate of drug-likeness (QED) is 0.871. The van der Waals surface area contributed by atoms with Crippen LogP contribution in [0.4, 0.5) is 0 Å². The Bertz CT molecular complexity index is 337. The van der Waals surface area contributed by atoms with Crippen molar-refractivity contribution in [3.8, 4) is 0 Å². The number of rotatable bonds is 5. The fraction of sp³-hybridized carbons (Fsp3) is 0.417. The molecule has 1 aromatic carbocycles. The molecule has 0 saturated heterocycles. The number of hydrogen-bond acceptors (Lipinski definition) is 2. The zero-order valence-corrected chi connectivity index (χ0v) is 11.2. The van der Waals surface area contributed by atoms with E-state index < -0.39 is 0 Å². The molecule has 0 aliphatic carbocycles. The molecular formula is C12H17BrN2O. The summed E-state index contributed by atoms with van der Waals surface area (Å²) in [6.45, 7) is 2.78. The van der Waals surface area contributed by atoms with Gasteiger partial charge in [0, 0.05) is 30.5 Å². The molecule has 88 valence electrons. The van der Waals surface area contributed by atoms with Crippen molar-refractivity contribution in [1.82, 2.24) is 10.6 Å². The highest BCUT2D eigenvalue weighted by molar-refractivity contribution is 9.10. The number of amides is 1. The van der Waals surface area contributed by atoms with Gasteiger partial charge in [0.1, 0.15) is 0 Å². The summed E-state index contributed by atoms with van der Waals surface area (Å²) in [5.74, 6) is 0.0653. The number of benzene rings is 1. The lowest BCUT2D eigenvalue weighted by molar-refractivity contribution is -0.120. The Kier molecular flexibility index (Phi) is 5.49. The summed E-state index contributed by atoms with van der Waals surface area (Å²) in [6, 6.07) is 8.44. The molecule has 0 radical (unpaired) electrons. The standard InChI is InChI=1S/C12H17BrN2O/c1-9(15-8-7-12(16)14-2)10-3-5-11(13)6-4-10/h3-6,9,15H,7-8H2,1-2H3,(H,14,16)/t9-/m1/s1. The second kappa shape index (κ2) is 6.66. The molecule has 3 nitrogen and oxygen atoms in total. The van der Waals surface area contributed by atoms with E-state index in [0.29, 0.717) is 13.0 Å². The SMILES string of the molecule is CNC(=O)CCN[C@H](C)c1ccc(Br)cc1. The average molecular weight is 285 g/mol. The maximum absolute atomic E-state index is 11.0. The highest BCUT2D eigenvalue weighted by Crippen LogP contribution is 2.16. The predicted octanol–water partition coefficient (Wildman–Crippen LogP) is 2.24. The zero-order chi connectivity index (χ0) is 12.0. The van der Waals surface area contributed by atoms with Crippen molar-refractivity contribution in [3.63, 3.8) is 0 Å². The number of carbonyl (C=O) groups is 1. The smallest absolute Gasteiger partial charge is 0.221 e. The highest BCUT2D eigenvalue weighted by atomic mass is 79.9. The van der Waals surface area contributed by atoms with E-state index in [1.54, 1.807) is 7.05 Å². The molecule has 0 unspecified atom stereocenters. The lowest BCUT2D eigenvalue weighted by atomic mass is 10.1. The Morgan fingerprint density at radius 2 is 2.00 bits per heavy atom. The largest absolute Gasteiger partial charge is 0.359 e. The van der Waals surface area contributed by atoms with Crippen LogP contribution in [0.2, 0.25) is 0 Å². The fourth-order valence-electron chi connectivity index (χ4n) is 1.40. The lowest BCUT2D eigenvalue weighted by Crippen LogP contribution is -2.26. The minimum atomic E-state index is 0.0653. The Balaban J connectivity index is 2.37. The maximum atomic E-state index is 11.0. The van der Waals surface area contributed by atoms with Gasteiger partial charge >= 0.3 is 0 Å². The van der Waals surface area contributed by atoms with E-state index in [9.17, 15) is 4.79 Å². The Morgan fingerprint density at radius 1 is 1.38 bits per heavy atom. The normalized spacial score (nSPS) is 12.2. The summed E-state index contributed by atoms with van der Waals surface area (Å²) < 4.78 is 1.08. The van der Waals surface area contributed by atoms with Crippen LogP contribution in [0.1, 0.15) is 24.9 Å². The van der Waals surface area contributed by atoms with Gasteiger partial charge in [0.2, 0.25) is 5.91 Å². The molecule has 0 bridgehead atoms. The van der Waals surface area contributed by atoms with Gasteiger partial charge in [-0.3, -0.25) is 4.79 Å². The van der Waals surface area contributed by atoms with Crippen LogP contribution in [0.25, 0.3) is 0 Å². The van der Waals surface area contributed by atoms with E-state index in [2.05, 4.69) is 45.6 Å². The number of carbonyl (C=O) groups excluding carboxylic acids is 1. The monoisotopic (exact) mass is 284 g/mol. The third-order valence-corrected chi connectivity index (χ3v) is 2.98. The third-order valence-electron chi connectivity index (χ3n) is 2.45. The topological polar surface area (TPSA) is 41.1 Å². The molecule has 4 heteroatoms. The number of hydrogen-bond donors (Lipinski definition) is 2. The van der Waals surface area contributed by atoms with Crippen molar-refractivity contribution in [2.75, 3.05) is 13.6 Å². The van der Waals surface area contributed by atoms with Gasteiger partial charge in [-0.1, -0.05) is 28.1 Å². The first kappa shape index (κ1) is 13.2. The van der Waals surface area contributed by atoms with Crippen LogP contribution in [-0.2, 0) is 4.79 Å². The van der Waals surface area contributed by atoms with Crippen LogP contribution >= 0.6 is 15.9 Å². The second-order valence-corrected chi connectivity index (χ2v) is 4.57. The lowest BCUT2D eigenvalue weighted by Gasteiger charge is -2.13. The molecule has 0 aromatic heterocycles. The molecule has 16 heavy (non-hydrogen) atoms. The van der Waals surface area contributed by atoms with E-state index in [4.69, 9.17) is 0 Å². The molecule has 0 saturated carbocycles. The predicted molar refractivity (Wildman–Crippen MR) is 69.2 cm³/mol. The minimum Gasteiger partial charge on any atom is -0.359 e. The maximum Gasteiger partial charge on any atom is 0.221 e. The van der Waals surface area contributed by atoms with Crippen molar-refractivity contribution in [3.05, 3.63) is 34.3 Å². The molecule has 1 amide bonds. The molecule has 1 aromatic rings. The molecule has 0 fully saturated rings. The van der Waals surface area contributed by atoms with Crippen LogP contribution in [0.3, 0.4) is 0 Å². The Hall–Kier alpha value is -0.870. The molecular weight excluding hydrogens is 268 g/mol. The van der Waals surface area contributed by atoms with Crippen molar-refractivity contribution in [2.24, 2.45) is 0 Å². The van der Waals surface area contributed by atoms with Gasteiger partial charge in [-0.15, -0.1) is 0 Å². The highest BCUT2D eigenvalue weighted by Gasteiger charge is 2.05. The average Bonchev–Trinajstić information content (AvgIpc) is 2.29. The molecule has 0 heterocycles.